The van der Waals surface area contributed by atoms with E-state index < -0.39 is 24.3 Å². The Morgan fingerprint density at radius 1 is 1.14 bits per heavy atom. The van der Waals surface area contributed by atoms with Gasteiger partial charge in [-0.3, -0.25) is 0 Å². The van der Waals surface area contributed by atoms with Gasteiger partial charge in [-0.25, -0.2) is 18.7 Å². The summed E-state index contributed by atoms with van der Waals surface area (Å²) in [7, 11) is 1.74. The summed E-state index contributed by atoms with van der Waals surface area (Å²) in [6.45, 7) is 5.95. The summed E-state index contributed by atoms with van der Waals surface area (Å²) in [6, 6.07) is 5.23. The smallest absolute Gasteiger partial charge is 0.328 e. The average Bonchev–Trinajstić information content (AvgIpc) is 3.44. The molecule has 1 amide bonds. The van der Waals surface area contributed by atoms with Crippen molar-refractivity contribution >= 4 is 40.3 Å². The minimum absolute atomic E-state index is 0.103. The van der Waals surface area contributed by atoms with Gasteiger partial charge in [0, 0.05) is 44.4 Å². The Balaban J connectivity index is 1.45. The molecule has 0 unspecified atom stereocenters. The molecule has 37 heavy (non-hydrogen) atoms. The van der Waals surface area contributed by atoms with Crippen LogP contribution in [0.4, 0.5) is 32.3 Å². The predicted octanol–water partition coefficient (Wildman–Crippen LogP) is 3.18. The third-order valence-electron chi connectivity index (χ3n) is 7.09. The van der Waals surface area contributed by atoms with Crippen LogP contribution in [0.3, 0.4) is 0 Å². The van der Waals surface area contributed by atoms with Gasteiger partial charge in [0.15, 0.2) is 17.0 Å². The second-order valence-electron chi connectivity index (χ2n) is 10.1. The molecule has 3 N–H and O–H groups in total. The first-order valence-corrected chi connectivity index (χ1v) is 12.7. The normalized spacial score (nSPS) is 27.9. The fourth-order valence-electron chi connectivity index (χ4n) is 5.52. The topological polar surface area (TPSA) is 118 Å². The number of hydrogen-bond donors (Lipinski definition) is 3. The van der Waals surface area contributed by atoms with E-state index in [2.05, 4.69) is 55.7 Å². The minimum Gasteiger partial charge on any atom is -0.372 e. The number of ether oxygens (including phenoxy) is 2. The number of carbonyl (C=O) groups excluding carboxylic acids is 1. The van der Waals surface area contributed by atoms with Gasteiger partial charge in [-0.2, -0.15) is 9.97 Å². The van der Waals surface area contributed by atoms with Crippen LogP contribution in [0, 0.1) is 0 Å². The molecule has 6 rings (SSSR count). The molecule has 196 valence electrons. The fraction of sp³-hybridized carbons (Fsp3) is 0.520. The van der Waals surface area contributed by atoms with E-state index in [-0.39, 0.29) is 31.7 Å². The van der Waals surface area contributed by atoms with Crippen molar-refractivity contribution in [1.82, 2.24) is 24.8 Å². The first-order valence-electron chi connectivity index (χ1n) is 12.7. The zero-order valence-electron chi connectivity index (χ0n) is 21.1. The lowest BCUT2D eigenvalue weighted by molar-refractivity contribution is -0.00524. The van der Waals surface area contributed by atoms with Gasteiger partial charge >= 0.3 is 6.03 Å². The lowest BCUT2D eigenvalue weighted by Crippen LogP contribution is -2.45. The van der Waals surface area contributed by atoms with Gasteiger partial charge in [0.05, 0.1) is 31.0 Å². The fourth-order valence-corrected chi connectivity index (χ4v) is 5.52. The first-order chi connectivity index (χ1) is 17.9. The largest absolute Gasteiger partial charge is 0.372 e. The summed E-state index contributed by atoms with van der Waals surface area (Å²) < 4.78 is 27.9. The van der Waals surface area contributed by atoms with Crippen molar-refractivity contribution in [3.63, 3.8) is 0 Å². The highest BCUT2D eigenvalue weighted by molar-refractivity contribution is 5.92. The zero-order valence-corrected chi connectivity index (χ0v) is 21.1. The highest BCUT2D eigenvalue weighted by Gasteiger charge is 2.37. The average molecular weight is 511 g/mol. The molecular formula is C25H31FN8O3. The number of halogens is 1. The van der Waals surface area contributed by atoms with Crippen molar-refractivity contribution in [1.29, 1.82) is 0 Å². The molecule has 1 aromatic carbocycles. The van der Waals surface area contributed by atoms with E-state index in [0.717, 1.165) is 30.0 Å². The highest BCUT2D eigenvalue weighted by atomic mass is 19.1. The zero-order chi connectivity index (χ0) is 25.7. The molecule has 4 bridgehead atoms. The first kappa shape index (κ1) is 23.9. The van der Waals surface area contributed by atoms with Gasteiger partial charge < -0.3 is 30.3 Å². The van der Waals surface area contributed by atoms with E-state index in [0.29, 0.717) is 22.9 Å². The third-order valence-corrected chi connectivity index (χ3v) is 7.09. The van der Waals surface area contributed by atoms with E-state index in [4.69, 9.17) is 9.47 Å². The molecular weight excluding hydrogens is 479 g/mol. The SMILES string of the molecule is CNc1nc2nc3c1ncn3C(=O)N[C@@H]1C[C@@H](F)C[C@H]1OCc1cc(cc(N3C[C@@H](C)O[C@@H](C)C3)c1)N2. The molecule has 1 saturated carbocycles. The summed E-state index contributed by atoms with van der Waals surface area (Å²) in [4.78, 5) is 29.0. The van der Waals surface area contributed by atoms with Gasteiger partial charge in [-0.05, 0) is 37.6 Å². The number of carbonyl (C=O) groups is 1. The molecule has 2 aliphatic heterocycles. The van der Waals surface area contributed by atoms with E-state index in [1.54, 1.807) is 7.05 Å². The van der Waals surface area contributed by atoms with Crippen LogP contribution in [-0.2, 0) is 16.1 Å². The molecule has 2 fully saturated rings. The number of anilines is 4. The monoisotopic (exact) mass is 510 g/mol. The minimum atomic E-state index is -1.05. The van der Waals surface area contributed by atoms with Crippen molar-refractivity contribution in [2.75, 3.05) is 35.7 Å². The number of morpholine rings is 1. The Hall–Kier alpha value is -3.51. The number of nitrogens with one attached hydrogen (secondary N) is 3. The molecule has 3 aliphatic rings. The molecule has 11 nitrogen and oxygen atoms in total. The Bertz CT molecular complexity index is 1320. The molecule has 5 atom stereocenters. The van der Waals surface area contributed by atoms with Gasteiger partial charge in [-0.1, -0.05) is 0 Å². The van der Waals surface area contributed by atoms with Crippen molar-refractivity contribution in [3.05, 3.63) is 30.1 Å². The lowest BCUT2D eigenvalue weighted by Gasteiger charge is -2.37. The molecule has 0 spiro atoms. The van der Waals surface area contributed by atoms with Gasteiger partial charge in [-0.15, -0.1) is 0 Å². The number of benzene rings is 1. The van der Waals surface area contributed by atoms with Crippen LogP contribution in [0.25, 0.3) is 11.2 Å². The molecule has 1 aliphatic carbocycles. The van der Waals surface area contributed by atoms with Crippen LogP contribution in [0.15, 0.2) is 24.5 Å². The third kappa shape index (κ3) is 4.66. The van der Waals surface area contributed by atoms with Crippen LogP contribution < -0.4 is 20.9 Å². The summed E-state index contributed by atoms with van der Waals surface area (Å²) in [5.74, 6) is 0.808. The highest BCUT2D eigenvalue weighted by Crippen LogP contribution is 2.31. The summed E-state index contributed by atoms with van der Waals surface area (Å²) in [5.41, 5.74) is 3.54. The van der Waals surface area contributed by atoms with Gasteiger partial charge in [0.25, 0.3) is 0 Å². The predicted molar refractivity (Wildman–Crippen MR) is 137 cm³/mol. The van der Waals surface area contributed by atoms with Crippen molar-refractivity contribution < 1.29 is 18.7 Å². The molecule has 3 aromatic rings. The Labute approximate surface area is 213 Å². The van der Waals surface area contributed by atoms with Gasteiger partial charge in [0.2, 0.25) is 5.95 Å². The standard InChI is InChI=1S/C25H31FN8O3/c1-13-9-33(10-14(2)37-13)18-5-15-4-17(8-18)29-24-31-22(27-3)21-23(32-24)34(12-28-21)25(35)30-19-6-16(26)7-20(19)36-11-15/h4-5,8,12-14,16,19-20H,6-7,9-11H2,1-3H3,(H,30,35)(H2,27,29,31,32)/t13-,14+,16-,19-,20-/m1/s1. The molecule has 1 saturated heterocycles. The Morgan fingerprint density at radius 3 is 2.73 bits per heavy atom. The quantitative estimate of drug-likeness (QED) is 0.478. The second kappa shape index (κ2) is 9.42. The van der Waals surface area contributed by atoms with Crippen molar-refractivity contribution in [2.24, 2.45) is 0 Å². The maximum atomic E-state index is 14.4. The van der Waals surface area contributed by atoms with E-state index in [9.17, 15) is 9.18 Å². The number of fused-ring (bicyclic) bond motifs is 4. The van der Waals surface area contributed by atoms with Crippen LogP contribution in [0.1, 0.15) is 32.3 Å². The molecule has 4 heterocycles. The van der Waals surface area contributed by atoms with Crippen LogP contribution in [-0.4, -0.2) is 76.2 Å². The maximum absolute atomic E-state index is 14.4. The lowest BCUT2D eigenvalue weighted by atomic mass is 10.1. The number of aromatic nitrogens is 4. The van der Waals surface area contributed by atoms with Crippen LogP contribution >= 0.6 is 0 Å². The number of hydrogen-bond acceptors (Lipinski definition) is 9. The summed E-state index contributed by atoms with van der Waals surface area (Å²) in [5, 5.41) is 9.28. The molecule has 0 radical (unpaired) electrons. The van der Waals surface area contributed by atoms with Crippen molar-refractivity contribution in [2.45, 2.75) is 63.8 Å². The van der Waals surface area contributed by atoms with E-state index >= 15 is 0 Å². The number of rotatable bonds is 2. The van der Waals surface area contributed by atoms with Crippen LogP contribution in [0.2, 0.25) is 0 Å². The number of amides is 1. The van der Waals surface area contributed by atoms with Gasteiger partial charge in [0.1, 0.15) is 12.5 Å². The number of nitrogens with zero attached hydrogens (tertiary/aromatic N) is 5. The maximum Gasteiger partial charge on any atom is 0.328 e. The summed E-state index contributed by atoms with van der Waals surface area (Å²) in [6.07, 6.45) is 0.547. The van der Waals surface area contributed by atoms with E-state index in [1.165, 1.54) is 10.9 Å². The number of imidazole rings is 1. The Kier molecular flexibility index (Phi) is 6.07. The second-order valence-corrected chi connectivity index (χ2v) is 10.1. The Morgan fingerprint density at radius 2 is 1.95 bits per heavy atom. The summed E-state index contributed by atoms with van der Waals surface area (Å²) >= 11 is 0. The molecule has 12 heteroatoms. The van der Waals surface area contributed by atoms with Crippen molar-refractivity contribution in [3.8, 4) is 0 Å². The van der Waals surface area contributed by atoms with Crippen LogP contribution in [0.5, 0.6) is 0 Å². The molecule has 2 aromatic heterocycles. The number of alkyl halides is 1. The van der Waals surface area contributed by atoms with E-state index in [1.807, 2.05) is 12.1 Å².